The fourth-order valence-electron chi connectivity index (χ4n) is 2.33. The third kappa shape index (κ3) is 5.74. The molecule has 27 heavy (non-hydrogen) atoms. The highest BCUT2D eigenvalue weighted by atomic mass is 16.5. The van der Waals surface area contributed by atoms with Crippen molar-refractivity contribution in [2.24, 2.45) is 5.92 Å². The van der Waals surface area contributed by atoms with Gasteiger partial charge in [-0.1, -0.05) is 6.07 Å². The molecule has 1 aliphatic carbocycles. The second kappa shape index (κ2) is 9.07. The molecule has 0 amide bonds. The molecule has 0 spiro atoms. The van der Waals surface area contributed by atoms with Crippen molar-refractivity contribution in [1.82, 2.24) is 19.9 Å². The van der Waals surface area contributed by atoms with E-state index in [9.17, 15) is 0 Å². The fraction of sp³-hybridized carbons (Fsp3) is 0.333. The summed E-state index contributed by atoms with van der Waals surface area (Å²) in [7, 11) is 1.62. The predicted octanol–water partition coefficient (Wildman–Crippen LogP) is 4.03. The summed E-state index contributed by atoms with van der Waals surface area (Å²) in [6.45, 7) is 4.60. The van der Waals surface area contributed by atoms with E-state index >= 15 is 0 Å². The van der Waals surface area contributed by atoms with Gasteiger partial charge in [0, 0.05) is 29.8 Å². The van der Waals surface area contributed by atoms with E-state index in [1.165, 1.54) is 12.8 Å². The summed E-state index contributed by atoms with van der Waals surface area (Å²) in [6, 6.07) is 7.70. The first-order valence-electron chi connectivity index (χ1n) is 8.99. The number of hydrogen-bond donors (Lipinski definition) is 0. The minimum absolute atomic E-state index is 0.671. The average molecular weight is 364 g/mol. The van der Waals surface area contributed by atoms with Gasteiger partial charge in [0.1, 0.15) is 11.6 Å². The van der Waals surface area contributed by atoms with E-state index in [0.717, 1.165) is 35.0 Å². The van der Waals surface area contributed by atoms with Crippen LogP contribution < -0.4 is 9.47 Å². The van der Waals surface area contributed by atoms with Crippen molar-refractivity contribution < 1.29 is 9.47 Å². The number of rotatable bonds is 5. The largest absolute Gasteiger partial charge is 0.495 e. The Morgan fingerprint density at radius 3 is 2.48 bits per heavy atom. The molecule has 3 aromatic rings. The van der Waals surface area contributed by atoms with Crippen LogP contribution in [-0.2, 0) is 0 Å². The molecule has 3 heterocycles. The van der Waals surface area contributed by atoms with Gasteiger partial charge < -0.3 is 9.47 Å². The SMILES string of the molecule is COc1cccnc1.Cc1ccc(-c2cnc(C)nc2OCC2CC2)cn1. The lowest BCUT2D eigenvalue weighted by molar-refractivity contribution is 0.288. The van der Waals surface area contributed by atoms with Crippen LogP contribution in [0.2, 0.25) is 0 Å². The molecule has 0 saturated heterocycles. The van der Waals surface area contributed by atoms with Gasteiger partial charge in [0.2, 0.25) is 5.88 Å². The summed E-state index contributed by atoms with van der Waals surface area (Å²) in [6.07, 6.45) is 9.57. The Kier molecular flexibility index (Phi) is 6.30. The van der Waals surface area contributed by atoms with Gasteiger partial charge in [0.15, 0.2) is 0 Å². The van der Waals surface area contributed by atoms with E-state index in [-0.39, 0.29) is 0 Å². The molecule has 3 aromatic heterocycles. The van der Waals surface area contributed by atoms with Gasteiger partial charge in [0.25, 0.3) is 0 Å². The first-order chi connectivity index (χ1) is 13.2. The molecule has 6 nitrogen and oxygen atoms in total. The van der Waals surface area contributed by atoms with Crippen molar-refractivity contribution in [2.45, 2.75) is 26.7 Å². The summed E-state index contributed by atoms with van der Waals surface area (Å²) < 4.78 is 10.7. The third-order valence-corrected chi connectivity index (χ3v) is 4.12. The van der Waals surface area contributed by atoms with Gasteiger partial charge in [-0.15, -0.1) is 0 Å². The zero-order valence-electron chi connectivity index (χ0n) is 15.9. The van der Waals surface area contributed by atoms with Crippen LogP contribution in [0, 0.1) is 19.8 Å². The Morgan fingerprint density at radius 1 is 1.04 bits per heavy atom. The Morgan fingerprint density at radius 2 is 1.89 bits per heavy atom. The predicted molar refractivity (Wildman–Crippen MR) is 104 cm³/mol. The maximum atomic E-state index is 5.85. The van der Waals surface area contributed by atoms with E-state index in [1.807, 2.05) is 50.5 Å². The molecule has 1 saturated carbocycles. The molecule has 0 N–H and O–H groups in total. The Balaban J connectivity index is 0.000000221. The van der Waals surface area contributed by atoms with E-state index in [1.54, 1.807) is 19.5 Å². The molecule has 0 unspecified atom stereocenters. The van der Waals surface area contributed by atoms with Crippen molar-refractivity contribution in [3.05, 3.63) is 60.6 Å². The van der Waals surface area contributed by atoms with E-state index < -0.39 is 0 Å². The lowest BCUT2D eigenvalue weighted by Gasteiger charge is -2.10. The number of ether oxygens (including phenoxy) is 2. The van der Waals surface area contributed by atoms with Crippen molar-refractivity contribution in [2.75, 3.05) is 13.7 Å². The molecule has 4 rings (SSSR count). The molecular weight excluding hydrogens is 340 g/mol. The molecular formula is C21H24N4O2. The number of pyridine rings is 2. The second-order valence-electron chi connectivity index (χ2n) is 6.47. The summed E-state index contributed by atoms with van der Waals surface area (Å²) >= 11 is 0. The molecule has 140 valence electrons. The summed E-state index contributed by atoms with van der Waals surface area (Å²) in [5, 5.41) is 0. The van der Waals surface area contributed by atoms with E-state index in [2.05, 4.69) is 19.9 Å². The molecule has 0 aliphatic heterocycles. The highest BCUT2D eigenvalue weighted by molar-refractivity contribution is 5.66. The van der Waals surface area contributed by atoms with E-state index in [0.29, 0.717) is 11.8 Å². The number of aryl methyl sites for hydroxylation is 2. The van der Waals surface area contributed by atoms with Gasteiger partial charge in [-0.05, 0) is 50.8 Å². The van der Waals surface area contributed by atoms with Gasteiger partial charge >= 0.3 is 0 Å². The van der Waals surface area contributed by atoms with Gasteiger partial charge in [-0.3, -0.25) is 9.97 Å². The summed E-state index contributed by atoms with van der Waals surface area (Å²) in [5.74, 6) is 2.91. The van der Waals surface area contributed by atoms with E-state index in [4.69, 9.17) is 9.47 Å². The third-order valence-electron chi connectivity index (χ3n) is 4.12. The van der Waals surface area contributed by atoms with Crippen LogP contribution in [0.25, 0.3) is 11.1 Å². The quantitative estimate of drug-likeness (QED) is 0.681. The lowest BCUT2D eigenvalue weighted by Crippen LogP contribution is -2.04. The second-order valence-corrected chi connectivity index (χ2v) is 6.47. The van der Waals surface area contributed by atoms with Crippen LogP contribution >= 0.6 is 0 Å². The van der Waals surface area contributed by atoms with Crippen LogP contribution in [0.4, 0.5) is 0 Å². The molecule has 6 heteroatoms. The zero-order valence-corrected chi connectivity index (χ0v) is 15.9. The monoisotopic (exact) mass is 364 g/mol. The lowest BCUT2D eigenvalue weighted by atomic mass is 10.1. The van der Waals surface area contributed by atoms with Gasteiger partial charge in [0.05, 0.1) is 25.5 Å². The normalized spacial score (nSPS) is 12.7. The number of hydrogen-bond acceptors (Lipinski definition) is 6. The molecule has 1 fully saturated rings. The number of aromatic nitrogens is 4. The fourth-order valence-corrected chi connectivity index (χ4v) is 2.33. The Bertz CT molecular complexity index is 850. The molecule has 0 atom stereocenters. The highest BCUT2D eigenvalue weighted by Crippen LogP contribution is 2.32. The standard InChI is InChI=1S/C15H17N3O.C6H7NO/c1-10-3-6-13(7-16-10)14-8-17-11(2)18-15(14)19-9-12-4-5-12;1-8-6-3-2-4-7-5-6/h3,6-8,12H,4-5,9H2,1-2H3;2-5H,1H3. The first-order valence-corrected chi connectivity index (χ1v) is 8.99. The van der Waals surface area contributed by atoms with Crippen molar-refractivity contribution in [3.63, 3.8) is 0 Å². The molecule has 1 aliphatic rings. The number of methoxy groups -OCH3 is 1. The number of nitrogens with zero attached hydrogens (tertiary/aromatic N) is 4. The maximum Gasteiger partial charge on any atom is 0.224 e. The minimum atomic E-state index is 0.671. The highest BCUT2D eigenvalue weighted by Gasteiger charge is 2.23. The van der Waals surface area contributed by atoms with Crippen LogP contribution in [0.1, 0.15) is 24.4 Å². The van der Waals surface area contributed by atoms with Crippen LogP contribution in [0.3, 0.4) is 0 Å². The van der Waals surface area contributed by atoms with Gasteiger partial charge in [-0.2, -0.15) is 4.98 Å². The maximum absolute atomic E-state index is 5.85. The summed E-state index contributed by atoms with van der Waals surface area (Å²) in [5.41, 5.74) is 2.91. The zero-order chi connectivity index (χ0) is 19.1. The van der Waals surface area contributed by atoms with Crippen LogP contribution in [0.15, 0.2) is 49.1 Å². The van der Waals surface area contributed by atoms with Gasteiger partial charge in [-0.25, -0.2) is 4.98 Å². The topological polar surface area (TPSA) is 70.0 Å². The van der Waals surface area contributed by atoms with Crippen molar-refractivity contribution in [1.29, 1.82) is 0 Å². The smallest absolute Gasteiger partial charge is 0.224 e. The minimum Gasteiger partial charge on any atom is -0.495 e. The van der Waals surface area contributed by atoms with Crippen LogP contribution in [-0.4, -0.2) is 33.7 Å². The van der Waals surface area contributed by atoms with Crippen LogP contribution in [0.5, 0.6) is 11.6 Å². The first kappa shape index (κ1) is 18.8. The Labute approximate surface area is 159 Å². The molecule has 0 aromatic carbocycles. The molecule has 0 radical (unpaired) electrons. The Hall–Kier alpha value is -3.02. The van der Waals surface area contributed by atoms with Crippen molar-refractivity contribution >= 4 is 0 Å². The average Bonchev–Trinajstić information content (AvgIpc) is 3.53. The summed E-state index contributed by atoms with van der Waals surface area (Å²) in [4.78, 5) is 16.8. The molecule has 0 bridgehead atoms. The van der Waals surface area contributed by atoms with Crippen molar-refractivity contribution in [3.8, 4) is 22.8 Å².